The molecule has 0 bridgehead atoms. The van der Waals surface area contributed by atoms with E-state index in [0.29, 0.717) is 0 Å². The molecule has 4 heteroatoms. The van der Waals surface area contributed by atoms with Gasteiger partial charge in [0.05, 0.1) is 8.81 Å². The van der Waals surface area contributed by atoms with Crippen molar-refractivity contribution >= 4 is 38.9 Å². The van der Waals surface area contributed by atoms with E-state index < -0.39 is 0 Å². The van der Waals surface area contributed by atoms with E-state index in [1.807, 2.05) is 13.1 Å². The van der Waals surface area contributed by atoms with Crippen molar-refractivity contribution in [2.75, 3.05) is 7.05 Å². The van der Waals surface area contributed by atoms with Crippen LogP contribution < -0.4 is 5.32 Å². The first-order valence-corrected chi connectivity index (χ1v) is 4.81. The van der Waals surface area contributed by atoms with Crippen LogP contribution in [0.5, 0.6) is 0 Å². The standard InChI is InChI=1S/C6H7BrClNS/c1-9-3-4-2-5(8)6(7)10-4/h2,9H,3H2,1H3. The predicted octanol–water partition coefficient (Wildman–Crippen LogP) is 2.88. The van der Waals surface area contributed by atoms with Crippen molar-refractivity contribution in [2.24, 2.45) is 0 Å². The maximum Gasteiger partial charge on any atom is 0.0887 e. The summed E-state index contributed by atoms with van der Waals surface area (Å²) in [6, 6.07) is 1.97. The third-order valence-electron chi connectivity index (χ3n) is 1.05. The summed E-state index contributed by atoms with van der Waals surface area (Å²) in [6.07, 6.45) is 0. The molecule has 0 spiro atoms. The molecule has 1 heterocycles. The predicted molar refractivity (Wildman–Crippen MR) is 49.8 cm³/mol. The van der Waals surface area contributed by atoms with E-state index in [2.05, 4.69) is 21.2 Å². The van der Waals surface area contributed by atoms with Crippen LogP contribution in [0.2, 0.25) is 5.02 Å². The first-order chi connectivity index (χ1) is 4.74. The average molecular weight is 241 g/mol. The Bertz CT molecular complexity index is 204. The number of rotatable bonds is 2. The van der Waals surface area contributed by atoms with Crippen molar-refractivity contribution in [1.29, 1.82) is 0 Å². The molecule has 0 fully saturated rings. The number of thiophene rings is 1. The van der Waals surface area contributed by atoms with E-state index in [1.54, 1.807) is 11.3 Å². The molecule has 0 saturated carbocycles. The molecule has 1 N–H and O–H groups in total. The molecule has 0 radical (unpaired) electrons. The lowest BCUT2D eigenvalue weighted by Gasteiger charge is -1.89. The Morgan fingerprint density at radius 1 is 1.80 bits per heavy atom. The number of hydrogen-bond acceptors (Lipinski definition) is 2. The molecule has 0 aliphatic carbocycles. The van der Waals surface area contributed by atoms with Gasteiger partial charge in [0.2, 0.25) is 0 Å². The summed E-state index contributed by atoms with van der Waals surface area (Å²) in [5.74, 6) is 0. The van der Waals surface area contributed by atoms with Crippen LogP contribution in [0.4, 0.5) is 0 Å². The van der Waals surface area contributed by atoms with Crippen LogP contribution in [0.15, 0.2) is 9.85 Å². The van der Waals surface area contributed by atoms with Gasteiger partial charge in [-0.15, -0.1) is 11.3 Å². The lowest BCUT2D eigenvalue weighted by Crippen LogP contribution is -2.02. The second kappa shape index (κ2) is 3.72. The van der Waals surface area contributed by atoms with Crippen molar-refractivity contribution in [1.82, 2.24) is 5.32 Å². The topological polar surface area (TPSA) is 12.0 Å². The summed E-state index contributed by atoms with van der Waals surface area (Å²) in [6.45, 7) is 0.885. The van der Waals surface area contributed by atoms with Crippen LogP contribution in [-0.2, 0) is 6.54 Å². The Kier molecular flexibility index (Phi) is 3.17. The van der Waals surface area contributed by atoms with Crippen molar-refractivity contribution < 1.29 is 0 Å². The maximum absolute atomic E-state index is 5.80. The average Bonchev–Trinajstić information content (AvgIpc) is 2.14. The highest BCUT2D eigenvalue weighted by atomic mass is 79.9. The first kappa shape index (κ1) is 8.53. The second-order valence-electron chi connectivity index (χ2n) is 1.86. The smallest absolute Gasteiger partial charge is 0.0887 e. The quantitative estimate of drug-likeness (QED) is 0.838. The van der Waals surface area contributed by atoms with Gasteiger partial charge in [-0.25, -0.2) is 0 Å². The summed E-state index contributed by atoms with van der Waals surface area (Å²) in [5, 5.41) is 3.86. The maximum atomic E-state index is 5.80. The molecule has 0 atom stereocenters. The van der Waals surface area contributed by atoms with Gasteiger partial charge < -0.3 is 5.32 Å². The van der Waals surface area contributed by atoms with Crippen molar-refractivity contribution in [3.8, 4) is 0 Å². The highest BCUT2D eigenvalue weighted by Gasteiger charge is 2.01. The van der Waals surface area contributed by atoms with E-state index in [4.69, 9.17) is 11.6 Å². The van der Waals surface area contributed by atoms with Gasteiger partial charge >= 0.3 is 0 Å². The summed E-state index contributed by atoms with van der Waals surface area (Å²) in [7, 11) is 1.92. The Balaban J connectivity index is 2.77. The van der Waals surface area contributed by atoms with Crippen LogP contribution >= 0.6 is 38.9 Å². The van der Waals surface area contributed by atoms with Gasteiger partial charge in [-0.2, -0.15) is 0 Å². The van der Waals surface area contributed by atoms with Crippen LogP contribution in [0.3, 0.4) is 0 Å². The molecule has 1 aromatic heterocycles. The van der Waals surface area contributed by atoms with E-state index >= 15 is 0 Å². The Hall–Kier alpha value is 0.430. The molecular weight excluding hydrogens is 233 g/mol. The molecule has 1 aromatic rings. The largest absolute Gasteiger partial charge is 0.315 e. The zero-order valence-electron chi connectivity index (χ0n) is 5.45. The van der Waals surface area contributed by atoms with Gasteiger partial charge in [0.1, 0.15) is 0 Å². The second-order valence-corrected chi connectivity index (χ2v) is 4.73. The third kappa shape index (κ3) is 1.95. The number of hydrogen-bond donors (Lipinski definition) is 1. The van der Waals surface area contributed by atoms with Crippen molar-refractivity contribution in [3.63, 3.8) is 0 Å². The fraction of sp³-hybridized carbons (Fsp3) is 0.333. The molecule has 0 aromatic carbocycles. The molecule has 0 aliphatic heterocycles. The lowest BCUT2D eigenvalue weighted by atomic mass is 10.5. The number of halogens is 2. The molecule has 0 amide bonds. The fourth-order valence-electron chi connectivity index (χ4n) is 0.653. The SMILES string of the molecule is CNCc1cc(Cl)c(Br)s1. The molecule has 10 heavy (non-hydrogen) atoms. The van der Waals surface area contributed by atoms with Gasteiger partial charge in [0.15, 0.2) is 0 Å². The van der Waals surface area contributed by atoms with E-state index in [-0.39, 0.29) is 0 Å². The van der Waals surface area contributed by atoms with Crippen LogP contribution in [0, 0.1) is 0 Å². The Morgan fingerprint density at radius 2 is 2.50 bits per heavy atom. The summed E-state index contributed by atoms with van der Waals surface area (Å²) >= 11 is 10.8. The molecule has 0 saturated heterocycles. The molecule has 1 rings (SSSR count). The Morgan fingerprint density at radius 3 is 2.90 bits per heavy atom. The molecule has 0 unspecified atom stereocenters. The normalized spacial score (nSPS) is 10.3. The highest BCUT2D eigenvalue weighted by molar-refractivity contribution is 9.11. The summed E-state index contributed by atoms with van der Waals surface area (Å²) in [4.78, 5) is 1.25. The lowest BCUT2D eigenvalue weighted by molar-refractivity contribution is 0.831. The molecule has 56 valence electrons. The van der Waals surface area contributed by atoms with Crippen LogP contribution in [0.25, 0.3) is 0 Å². The monoisotopic (exact) mass is 239 g/mol. The minimum Gasteiger partial charge on any atom is -0.315 e. The summed E-state index contributed by atoms with van der Waals surface area (Å²) < 4.78 is 1.01. The minimum absolute atomic E-state index is 0.801. The van der Waals surface area contributed by atoms with Gasteiger partial charge in [-0.1, -0.05) is 11.6 Å². The van der Waals surface area contributed by atoms with E-state index in [1.165, 1.54) is 4.88 Å². The summed E-state index contributed by atoms with van der Waals surface area (Å²) in [5.41, 5.74) is 0. The Labute approximate surface area is 77.5 Å². The van der Waals surface area contributed by atoms with E-state index in [0.717, 1.165) is 15.4 Å². The molecule has 0 aliphatic rings. The van der Waals surface area contributed by atoms with Crippen LogP contribution in [-0.4, -0.2) is 7.05 Å². The van der Waals surface area contributed by atoms with Crippen LogP contribution in [0.1, 0.15) is 4.88 Å². The fourth-order valence-corrected chi connectivity index (χ4v) is 2.48. The van der Waals surface area contributed by atoms with E-state index in [9.17, 15) is 0 Å². The highest BCUT2D eigenvalue weighted by Crippen LogP contribution is 2.31. The van der Waals surface area contributed by atoms with Gasteiger partial charge in [-0.05, 0) is 29.0 Å². The zero-order chi connectivity index (χ0) is 7.56. The zero-order valence-corrected chi connectivity index (χ0v) is 8.61. The van der Waals surface area contributed by atoms with Gasteiger partial charge in [0, 0.05) is 11.4 Å². The van der Waals surface area contributed by atoms with Crippen molar-refractivity contribution in [3.05, 3.63) is 19.8 Å². The minimum atomic E-state index is 0.801. The molecule has 1 nitrogen and oxygen atoms in total. The number of nitrogens with one attached hydrogen (secondary N) is 1. The van der Waals surface area contributed by atoms with Gasteiger partial charge in [0.25, 0.3) is 0 Å². The van der Waals surface area contributed by atoms with Gasteiger partial charge in [-0.3, -0.25) is 0 Å². The first-order valence-electron chi connectivity index (χ1n) is 2.82. The van der Waals surface area contributed by atoms with Crippen molar-refractivity contribution in [2.45, 2.75) is 6.54 Å². The third-order valence-corrected chi connectivity index (χ3v) is 3.52. The molecular formula is C6H7BrClNS.